The second kappa shape index (κ2) is 3.12. The van der Waals surface area contributed by atoms with Crippen molar-refractivity contribution in [3.63, 3.8) is 0 Å². The smallest absolute Gasteiger partial charge is 0.265 e. The fourth-order valence-electron chi connectivity index (χ4n) is 1.08. The number of rotatable bonds is 1. The molecule has 0 aliphatic carbocycles. The first-order valence-corrected chi connectivity index (χ1v) is 4.53. The number of nitrogens with zero attached hydrogens (tertiary/aromatic N) is 1. The molecule has 0 saturated carbocycles. The lowest BCUT2D eigenvalue weighted by Gasteiger charge is -1.97. The monoisotopic (exact) mass is 193 g/mol. The van der Waals surface area contributed by atoms with Crippen LogP contribution in [0.2, 0.25) is 0 Å². The minimum Gasteiger partial charge on any atom is -0.290 e. The zero-order valence-corrected chi connectivity index (χ0v) is 7.47. The molecule has 1 amide bonds. The molecule has 3 N–H and O–H groups in total. The molecule has 1 aromatic carbocycles. The largest absolute Gasteiger partial charge is 0.290 e. The molecule has 0 bridgehead atoms. The van der Waals surface area contributed by atoms with Gasteiger partial charge in [0.15, 0.2) is 0 Å². The first-order chi connectivity index (χ1) is 6.31. The number of hydrogen-bond donors (Lipinski definition) is 2. The molecule has 13 heavy (non-hydrogen) atoms. The lowest BCUT2D eigenvalue weighted by atomic mass is 10.2. The van der Waals surface area contributed by atoms with Gasteiger partial charge in [0.1, 0.15) is 0 Å². The summed E-state index contributed by atoms with van der Waals surface area (Å²) >= 11 is 1.50. The first-order valence-electron chi connectivity index (χ1n) is 3.65. The molecule has 0 saturated heterocycles. The predicted octanol–water partition coefficient (Wildman–Crippen LogP) is 0.900. The van der Waals surface area contributed by atoms with Gasteiger partial charge in [-0.15, -0.1) is 11.3 Å². The number of nitrogen functional groups attached to an aromatic ring is 1. The summed E-state index contributed by atoms with van der Waals surface area (Å²) in [6, 6.07) is 5.27. The van der Waals surface area contributed by atoms with E-state index in [0.29, 0.717) is 5.56 Å². The summed E-state index contributed by atoms with van der Waals surface area (Å²) in [4.78, 5) is 15.2. The minimum absolute atomic E-state index is 0.282. The standard InChI is InChI=1S/C8H7N3OS/c9-11-8(12)5-1-2-6-7(3-5)13-4-10-6/h1-4H,9H2,(H,11,12). The highest BCUT2D eigenvalue weighted by atomic mass is 32.1. The third kappa shape index (κ3) is 1.39. The Kier molecular flexibility index (Phi) is 1.96. The summed E-state index contributed by atoms with van der Waals surface area (Å²) in [5.74, 6) is 4.73. The van der Waals surface area contributed by atoms with E-state index >= 15 is 0 Å². The summed E-state index contributed by atoms with van der Waals surface area (Å²) in [5, 5.41) is 0. The Labute approximate surface area is 78.4 Å². The van der Waals surface area contributed by atoms with Crippen LogP contribution in [0.25, 0.3) is 10.2 Å². The topological polar surface area (TPSA) is 68.0 Å². The molecule has 66 valence electrons. The van der Waals surface area contributed by atoms with E-state index in [-0.39, 0.29) is 5.91 Å². The van der Waals surface area contributed by atoms with Crippen LogP contribution in [0, 0.1) is 0 Å². The maximum Gasteiger partial charge on any atom is 0.265 e. The summed E-state index contributed by atoms with van der Waals surface area (Å²) < 4.78 is 0.987. The van der Waals surface area contributed by atoms with E-state index in [1.807, 2.05) is 0 Å². The molecule has 2 rings (SSSR count). The predicted molar refractivity (Wildman–Crippen MR) is 51.3 cm³/mol. The fourth-order valence-corrected chi connectivity index (χ4v) is 1.80. The van der Waals surface area contributed by atoms with Crippen LogP contribution in [0.4, 0.5) is 0 Å². The molecular weight excluding hydrogens is 186 g/mol. The van der Waals surface area contributed by atoms with Gasteiger partial charge in [-0.1, -0.05) is 0 Å². The highest BCUT2D eigenvalue weighted by molar-refractivity contribution is 7.16. The van der Waals surface area contributed by atoms with Crippen molar-refractivity contribution in [2.45, 2.75) is 0 Å². The van der Waals surface area contributed by atoms with Gasteiger partial charge in [-0.25, -0.2) is 10.8 Å². The highest BCUT2D eigenvalue weighted by Gasteiger charge is 2.04. The van der Waals surface area contributed by atoms with Crippen LogP contribution in [-0.2, 0) is 0 Å². The van der Waals surface area contributed by atoms with Gasteiger partial charge in [-0.3, -0.25) is 10.2 Å². The van der Waals surface area contributed by atoms with Gasteiger partial charge in [-0.2, -0.15) is 0 Å². The molecule has 0 aliphatic heterocycles. The van der Waals surface area contributed by atoms with Crippen molar-refractivity contribution < 1.29 is 4.79 Å². The number of hydrogen-bond acceptors (Lipinski definition) is 4. The van der Waals surface area contributed by atoms with Crippen molar-refractivity contribution in [3.05, 3.63) is 29.3 Å². The Morgan fingerprint density at radius 3 is 3.15 bits per heavy atom. The van der Waals surface area contributed by atoms with Crippen molar-refractivity contribution in [2.24, 2.45) is 5.84 Å². The Hall–Kier alpha value is -1.46. The maximum atomic E-state index is 11.1. The van der Waals surface area contributed by atoms with Crippen LogP contribution in [0.5, 0.6) is 0 Å². The van der Waals surface area contributed by atoms with E-state index < -0.39 is 0 Å². The van der Waals surface area contributed by atoms with E-state index in [9.17, 15) is 4.79 Å². The number of carbonyl (C=O) groups excluding carboxylic acids is 1. The molecule has 1 aromatic heterocycles. The SMILES string of the molecule is NNC(=O)c1ccc2ncsc2c1. The Balaban J connectivity index is 2.54. The van der Waals surface area contributed by atoms with Crippen LogP contribution in [-0.4, -0.2) is 10.9 Å². The van der Waals surface area contributed by atoms with Crippen molar-refractivity contribution in [1.29, 1.82) is 0 Å². The molecule has 0 fully saturated rings. The average Bonchev–Trinajstić information content (AvgIpc) is 2.63. The third-order valence-corrected chi connectivity index (χ3v) is 2.52. The number of aromatic nitrogens is 1. The molecule has 2 aromatic rings. The van der Waals surface area contributed by atoms with Gasteiger partial charge in [0.05, 0.1) is 15.7 Å². The van der Waals surface area contributed by atoms with Crippen LogP contribution in [0.1, 0.15) is 10.4 Å². The molecular formula is C8H7N3OS. The van der Waals surface area contributed by atoms with Crippen molar-refractivity contribution in [2.75, 3.05) is 0 Å². The molecule has 1 heterocycles. The van der Waals surface area contributed by atoms with Gasteiger partial charge in [-0.05, 0) is 18.2 Å². The first kappa shape index (κ1) is 8.15. The van der Waals surface area contributed by atoms with Gasteiger partial charge in [0.25, 0.3) is 5.91 Å². The number of fused-ring (bicyclic) bond motifs is 1. The number of carbonyl (C=O) groups is 1. The van der Waals surface area contributed by atoms with Crippen molar-refractivity contribution in [3.8, 4) is 0 Å². The highest BCUT2D eigenvalue weighted by Crippen LogP contribution is 2.18. The molecule has 5 heteroatoms. The van der Waals surface area contributed by atoms with Crippen LogP contribution < -0.4 is 11.3 Å². The Morgan fingerprint density at radius 2 is 2.38 bits per heavy atom. The van der Waals surface area contributed by atoms with Gasteiger partial charge in [0, 0.05) is 5.56 Å². The second-order valence-electron chi connectivity index (χ2n) is 2.51. The van der Waals surface area contributed by atoms with Gasteiger partial charge in [0.2, 0.25) is 0 Å². The van der Waals surface area contributed by atoms with E-state index in [0.717, 1.165) is 10.2 Å². The Morgan fingerprint density at radius 1 is 1.54 bits per heavy atom. The van der Waals surface area contributed by atoms with Gasteiger partial charge >= 0.3 is 0 Å². The van der Waals surface area contributed by atoms with Crippen LogP contribution in [0.3, 0.4) is 0 Å². The number of nitrogens with two attached hydrogens (primary N) is 1. The Bertz CT molecular complexity index is 451. The number of benzene rings is 1. The zero-order chi connectivity index (χ0) is 9.26. The summed E-state index contributed by atoms with van der Waals surface area (Å²) in [6.07, 6.45) is 0. The minimum atomic E-state index is -0.282. The molecule has 0 spiro atoms. The quantitative estimate of drug-likeness (QED) is 0.401. The van der Waals surface area contributed by atoms with Crippen molar-refractivity contribution in [1.82, 2.24) is 10.4 Å². The average molecular weight is 193 g/mol. The fraction of sp³-hybridized carbons (Fsp3) is 0. The van der Waals surface area contributed by atoms with Gasteiger partial charge < -0.3 is 0 Å². The second-order valence-corrected chi connectivity index (χ2v) is 3.39. The summed E-state index contributed by atoms with van der Waals surface area (Å²) in [7, 11) is 0. The normalized spacial score (nSPS) is 10.2. The van der Waals surface area contributed by atoms with Crippen molar-refractivity contribution >= 4 is 27.5 Å². The number of nitrogens with one attached hydrogen (secondary N) is 1. The molecule has 0 aliphatic rings. The number of amides is 1. The zero-order valence-electron chi connectivity index (χ0n) is 6.65. The summed E-state index contributed by atoms with van der Waals surface area (Å²) in [5.41, 5.74) is 5.28. The van der Waals surface area contributed by atoms with Crippen LogP contribution in [0.15, 0.2) is 23.7 Å². The van der Waals surface area contributed by atoms with E-state index in [4.69, 9.17) is 5.84 Å². The third-order valence-electron chi connectivity index (χ3n) is 1.72. The molecule has 0 radical (unpaired) electrons. The number of hydrazine groups is 1. The number of thiazole rings is 1. The molecule has 0 atom stereocenters. The van der Waals surface area contributed by atoms with E-state index in [1.165, 1.54) is 11.3 Å². The van der Waals surface area contributed by atoms with E-state index in [1.54, 1.807) is 23.7 Å². The molecule has 0 unspecified atom stereocenters. The summed E-state index contributed by atoms with van der Waals surface area (Å²) in [6.45, 7) is 0. The lowest BCUT2D eigenvalue weighted by Crippen LogP contribution is -2.29. The maximum absolute atomic E-state index is 11.1. The van der Waals surface area contributed by atoms with Crippen LogP contribution >= 0.6 is 11.3 Å². The lowest BCUT2D eigenvalue weighted by molar-refractivity contribution is 0.0954. The van der Waals surface area contributed by atoms with E-state index in [2.05, 4.69) is 10.4 Å². The molecule has 4 nitrogen and oxygen atoms in total.